The number of carbonyl (C=O) groups is 1. The Kier molecular flexibility index (Phi) is 5.68. The van der Waals surface area contributed by atoms with E-state index in [1.807, 2.05) is 31.4 Å². The van der Waals surface area contributed by atoms with Crippen LogP contribution in [0.1, 0.15) is 35.8 Å². The topological polar surface area (TPSA) is 102 Å². The Hall–Kier alpha value is -3.72. The predicted octanol–water partition coefficient (Wildman–Crippen LogP) is 4.07. The minimum absolute atomic E-state index is 0.0585. The molecule has 1 amide bonds. The standard InChI is InChI=1S/C22H21N5O3S/c1-13(2)16-12-20(28)25-22(23-16)27-19(11-17(26-27)18-8-5-9-31-18)24-21(29)14-6-4-7-15(10-14)30-3/h4-13H,1-3H3,(H,24,29)(H,23,25,28). The highest BCUT2D eigenvalue weighted by Gasteiger charge is 2.18. The van der Waals surface area contributed by atoms with Crippen LogP contribution in [0.4, 0.5) is 5.82 Å². The SMILES string of the molecule is COc1cccc(C(=O)Nc2cc(-c3cccs3)nn2-c2nc(C(C)C)cc(=O)[nH]2)c1. The first-order chi connectivity index (χ1) is 14.9. The molecule has 0 saturated carbocycles. The Morgan fingerprint density at radius 3 is 2.74 bits per heavy atom. The largest absolute Gasteiger partial charge is 0.497 e. The number of rotatable bonds is 6. The molecule has 0 saturated heterocycles. The molecule has 31 heavy (non-hydrogen) atoms. The average Bonchev–Trinajstić information content (AvgIpc) is 3.43. The van der Waals surface area contributed by atoms with Crippen LogP contribution in [0.2, 0.25) is 0 Å². The molecule has 0 aliphatic carbocycles. The molecule has 3 heterocycles. The molecule has 0 spiro atoms. The van der Waals surface area contributed by atoms with Crippen molar-refractivity contribution in [3.8, 4) is 22.3 Å². The van der Waals surface area contributed by atoms with Crippen molar-refractivity contribution in [2.24, 2.45) is 0 Å². The smallest absolute Gasteiger partial charge is 0.256 e. The lowest BCUT2D eigenvalue weighted by atomic mass is 10.1. The van der Waals surface area contributed by atoms with E-state index < -0.39 is 0 Å². The van der Waals surface area contributed by atoms with Crippen LogP contribution in [-0.4, -0.2) is 32.8 Å². The molecular formula is C22H21N5O3S. The summed E-state index contributed by atoms with van der Waals surface area (Å²) in [4.78, 5) is 33.3. The molecule has 3 aromatic heterocycles. The monoisotopic (exact) mass is 435 g/mol. The maximum atomic E-state index is 12.9. The third kappa shape index (κ3) is 4.41. The maximum Gasteiger partial charge on any atom is 0.256 e. The van der Waals surface area contributed by atoms with Crippen molar-refractivity contribution in [1.82, 2.24) is 19.7 Å². The number of nitrogens with one attached hydrogen (secondary N) is 2. The zero-order valence-corrected chi connectivity index (χ0v) is 18.1. The van der Waals surface area contributed by atoms with Gasteiger partial charge in [-0.15, -0.1) is 11.3 Å². The number of anilines is 1. The number of ether oxygens (including phenoxy) is 1. The number of nitrogens with zero attached hydrogens (tertiary/aromatic N) is 3. The molecule has 9 heteroatoms. The lowest BCUT2D eigenvalue weighted by Crippen LogP contribution is -2.19. The van der Waals surface area contributed by atoms with E-state index in [0.29, 0.717) is 28.5 Å². The molecule has 4 aromatic rings. The molecule has 0 fully saturated rings. The van der Waals surface area contributed by atoms with E-state index in [1.54, 1.807) is 37.4 Å². The fourth-order valence-corrected chi connectivity index (χ4v) is 3.67. The lowest BCUT2D eigenvalue weighted by molar-refractivity contribution is 0.102. The summed E-state index contributed by atoms with van der Waals surface area (Å²) in [7, 11) is 1.54. The van der Waals surface area contributed by atoms with E-state index in [0.717, 1.165) is 4.88 Å². The van der Waals surface area contributed by atoms with Crippen molar-refractivity contribution in [2.75, 3.05) is 12.4 Å². The average molecular weight is 436 g/mol. The van der Waals surface area contributed by atoms with Crippen molar-refractivity contribution in [1.29, 1.82) is 0 Å². The van der Waals surface area contributed by atoms with Gasteiger partial charge >= 0.3 is 0 Å². The van der Waals surface area contributed by atoms with Gasteiger partial charge in [0.2, 0.25) is 5.95 Å². The van der Waals surface area contributed by atoms with Gasteiger partial charge in [-0.3, -0.25) is 14.6 Å². The fourth-order valence-electron chi connectivity index (χ4n) is 2.99. The van der Waals surface area contributed by atoms with Gasteiger partial charge in [0.15, 0.2) is 0 Å². The molecule has 0 bridgehead atoms. The second-order valence-corrected chi connectivity index (χ2v) is 8.09. The summed E-state index contributed by atoms with van der Waals surface area (Å²) >= 11 is 1.53. The Bertz CT molecular complexity index is 1270. The van der Waals surface area contributed by atoms with E-state index in [9.17, 15) is 9.59 Å². The molecule has 0 radical (unpaired) electrons. The van der Waals surface area contributed by atoms with Crippen LogP contribution < -0.4 is 15.6 Å². The molecule has 0 unspecified atom stereocenters. The van der Waals surface area contributed by atoms with Crippen LogP contribution in [0.3, 0.4) is 0 Å². The molecule has 1 aromatic carbocycles. The van der Waals surface area contributed by atoms with Crippen LogP contribution in [0.5, 0.6) is 5.75 Å². The predicted molar refractivity (Wildman–Crippen MR) is 120 cm³/mol. The van der Waals surface area contributed by atoms with Crippen molar-refractivity contribution in [2.45, 2.75) is 19.8 Å². The molecule has 0 aliphatic heterocycles. The highest BCUT2D eigenvalue weighted by molar-refractivity contribution is 7.13. The normalized spacial score (nSPS) is 11.0. The van der Waals surface area contributed by atoms with Gasteiger partial charge in [0.05, 0.1) is 17.7 Å². The second-order valence-electron chi connectivity index (χ2n) is 7.14. The van der Waals surface area contributed by atoms with Gasteiger partial charge in [0.1, 0.15) is 17.3 Å². The van der Waals surface area contributed by atoms with E-state index in [2.05, 4.69) is 20.4 Å². The number of hydrogen-bond donors (Lipinski definition) is 2. The quantitative estimate of drug-likeness (QED) is 0.475. The Morgan fingerprint density at radius 1 is 1.19 bits per heavy atom. The molecule has 0 atom stereocenters. The Balaban J connectivity index is 1.78. The zero-order valence-electron chi connectivity index (χ0n) is 17.2. The van der Waals surface area contributed by atoms with Crippen molar-refractivity contribution < 1.29 is 9.53 Å². The van der Waals surface area contributed by atoms with Gasteiger partial charge in [0, 0.05) is 17.7 Å². The molecule has 158 valence electrons. The van der Waals surface area contributed by atoms with Gasteiger partial charge in [0.25, 0.3) is 11.5 Å². The van der Waals surface area contributed by atoms with Gasteiger partial charge in [-0.25, -0.2) is 4.98 Å². The first-order valence-electron chi connectivity index (χ1n) is 9.65. The zero-order chi connectivity index (χ0) is 22.0. The van der Waals surface area contributed by atoms with E-state index in [-0.39, 0.29) is 23.3 Å². The number of benzene rings is 1. The maximum absolute atomic E-state index is 12.9. The molecular weight excluding hydrogens is 414 g/mol. The summed E-state index contributed by atoms with van der Waals surface area (Å²) in [5, 5.41) is 9.42. The molecule has 8 nitrogen and oxygen atoms in total. The van der Waals surface area contributed by atoms with Gasteiger partial charge in [-0.2, -0.15) is 9.78 Å². The van der Waals surface area contributed by atoms with Gasteiger partial charge < -0.3 is 10.1 Å². The number of methoxy groups -OCH3 is 1. The minimum Gasteiger partial charge on any atom is -0.497 e. The first kappa shape index (κ1) is 20.5. The van der Waals surface area contributed by atoms with Crippen molar-refractivity contribution in [3.05, 3.63) is 75.5 Å². The highest BCUT2D eigenvalue weighted by Crippen LogP contribution is 2.28. The van der Waals surface area contributed by atoms with Crippen LogP contribution in [0.25, 0.3) is 16.5 Å². The van der Waals surface area contributed by atoms with Crippen LogP contribution in [-0.2, 0) is 0 Å². The number of thiophene rings is 1. The number of aromatic amines is 1. The second kappa shape index (κ2) is 8.57. The number of amides is 1. The van der Waals surface area contributed by atoms with Crippen molar-refractivity contribution >= 4 is 23.1 Å². The Morgan fingerprint density at radius 2 is 2.03 bits per heavy atom. The van der Waals surface area contributed by atoms with Crippen molar-refractivity contribution in [3.63, 3.8) is 0 Å². The van der Waals surface area contributed by atoms with Crippen LogP contribution >= 0.6 is 11.3 Å². The highest BCUT2D eigenvalue weighted by atomic mass is 32.1. The van der Waals surface area contributed by atoms with E-state index in [4.69, 9.17) is 4.74 Å². The first-order valence-corrected chi connectivity index (χ1v) is 10.5. The molecule has 2 N–H and O–H groups in total. The van der Waals surface area contributed by atoms with Gasteiger partial charge in [-0.1, -0.05) is 26.0 Å². The summed E-state index contributed by atoms with van der Waals surface area (Å²) in [6, 6.07) is 13.9. The van der Waals surface area contributed by atoms with E-state index in [1.165, 1.54) is 22.1 Å². The van der Waals surface area contributed by atoms with Crippen LogP contribution in [0, 0.1) is 0 Å². The number of carbonyl (C=O) groups excluding carboxylic acids is 1. The number of aromatic nitrogens is 4. The summed E-state index contributed by atoms with van der Waals surface area (Å²) in [6.45, 7) is 3.91. The molecule has 4 rings (SSSR count). The third-order valence-corrected chi connectivity index (χ3v) is 5.49. The van der Waals surface area contributed by atoms with Gasteiger partial charge in [-0.05, 0) is 35.6 Å². The summed E-state index contributed by atoms with van der Waals surface area (Å²) in [5.41, 5.74) is 1.44. The Labute approximate surface area is 182 Å². The fraction of sp³-hybridized carbons (Fsp3) is 0.182. The lowest BCUT2D eigenvalue weighted by Gasteiger charge is -2.10. The summed E-state index contributed by atoms with van der Waals surface area (Å²) in [5.74, 6) is 0.930. The minimum atomic E-state index is -0.333. The molecule has 0 aliphatic rings. The summed E-state index contributed by atoms with van der Waals surface area (Å²) in [6.07, 6.45) is 0. The summed E-state index contributed by atoms with van der Waals surface area (Å²) < 4.78 is 6.65. The van der Waals surface area contributed by atoms with E-state index >= 15 is 0 Å². The number of H-pyrrole nitrogens is 1. The third-order valence-electron chi connectivity index (χ3n) is 4.60. The number of hydrogen-bond acceptors (Lipinski definition) is 6. The van der Waals surface area contributed by atoms with Crippen LogP contribution in [0.15, 0.2) is 58.7 Å².